The quantitative estimate of drug-likeness (QED) is 0.829. The Bertz CT molecular complexity index is 389. The van der Waals surface area contributed by atoms with Crippen molar-refractivity contribution in [2.24, 2.45) is 5.92 Å². The molecule has 0 aliphatic heterocycles. The van der Waals surface area contributed by atoms with Crippen LogP contribution in [0.1, 0.15) is 24.5 Å². The maximum Gasteiger partial charge on any atom is 0.416 e. The summed E-state index contributed by atoms with van der Waals surface area (Å²) in [4.78, 5) is 0. The molecule has 1 aromatic carbocycles. The van der Waals surface area contributed by atoms with Crippen molar-refractivity contribution in [1.82, 2.24) is 5.32 Å². The van der Waals surface area contributed by atoms with Crippen LogP contribution in [-0.4, -0.2) is 26.8 Å². The van der Waals surface area contributed by atoms with Crippen molar-refractivity contribution in [1.29, 1.82) is 0 Å². The van der Waals surface area contributed by atoms with E-state index in [0.717, 1.165) is 24.1 Å². The van der Waals surface area contributed by atoms with Crippen LogP contribution in [0.5, 0.6) is 0 Å². The van der Waals surface area contributed by atoms with Gasteiger partial charge in [-0.05, 0) is 43.5 Å². The molecule has 0 amide bonds. The first-order chi connectivity index (χ1) is 9.38. The zero-order chi connectivity index (χ0) is 15.2. The minimum Gasteiger partial charge on any atom is -0.385 e. The van der Waals surface area contributed by atoms with E-state index >= 15 is 0 Å². The lowest BCUT2D eigenvalue weighted by molar-refractivity contribution is -0.137. The predicted molar refractivity (Wildman–Crippen MR) is 73.7 cm³/mol. The summed E-state index contributed by atoms with van der Waals surface area (Å²) in [6, 6.07) is 5.61. The standard InChI is InChI=1S/C15H22F3NO/c1-11(8-9-20-3)14(19-2)10-12-4-6-13(7-5-12)15(16,17)18/h4-7,11,14,19H,8-10H2,1-3H3. The van der Waals surface area contributed by atoms with E-state index < -0.39 is 11.7 Å². The molecule has 114 valence electrons. The average molecular weight is 289 g/mol. The molecule has 1 aromatic rings. The lowest BCUT2D eigenvalue weighted by atomic mass is 9.92. The van der Waals surface area contributed by atoms with E-state index in [4.69, 9.17) is 4.74 Å². The highest BCUT2D eigenvalue weighted by atomic mass is 19.4. The third kappa shape index (κ3) is 5.13. The van der Waals surface area contributed by atoms with Gasteiger partial charge in [-0.15, -0.1) is 0 Å². The van der Waals surface area contributed by atoms with Gasteiger partial charge < -0.3 is 10.1 Å². The fourth-order valence-electron chi connectivity index (χ4n) is 2.18. The first kappa shape index (κ1) is 17.0. The lowest BCUT2D eigenvalue weighted by Crippen LogP contribution is -2.34. The van der Waals surface area contributed by atoms with Crippen molar-refractivity contribution in [2.45, 2.75) is 32.0 Å². The van der Waals surface area contributed by atoms with Crippen LogP contribution in [-0.2, 0) is 17.3 Å². The number of ether oxygens (including phenoxy) is 1. The highest BCUT2D eigenvalue weighted by molar-refractivity contribution is 5.25. The molecule has 0 bridgehead atoms. The molecule has 20 heavy (non-hydrogen) atoms. The normalized spacial score (nSPS) is 15.1. The second kappa shape index (κ2) is 7.64. The van der Waals surface area contributed by atoms with E-state index in [-0.39, 0.29) is 6.04 Å². The number of benzene rings is 1. The van der Waals surface area contributed by atoms with Crippen LogP contribution < -0.4 is 5.32 Å². The molecule has 5 heteroatoms. The minimum absolute atomic E-state index is 0.224. The van der Waals surface area contributed by atoms with Crippen LogP contribution in [0.4, 0.5) is 13.2 Å². The van der Waals surface area contributed by atoms with E-state index in [1.54, 1.807) is 19.2 Å². The molecule has 0 saturated carbocycles. The average Bonchev–Trinajstić information content (AvgIpc) is 2.41. The van der Waals surface area contributed by atoms with Crippen LogP contribution in [0.25, 0.3) is 0 Å². The van der Waals surface area contributed by atoms with Crippen molar-refractivity contribution in [3.63, 3.8) is 0 Å². The summed E-state index contributed by atoms with van der Waals surface area (Å²) in [5.41, 5.74) is 0.302. The van der Waals surface area contributed by atoms with Crippen LogP contribution in [0.3, 0.4) is 0 Å². The number of hydrogen-bond acceptors (Lipinski definition) is 2. The summed E-state index contributed by atoms with van der Waals surface area (Å²) in [5, 5.41) is 3.23. The Balaban J connectivity index is 2.66. The second-order valence-corrected chi connectivity index (χ2v) is 5.05. The monoisotopic (exact) mass is 289 g/mol. The van der Waals surface area contributed by atoms with Crippen LogP contribution in [0, 0.1) is 5.92 Å². The maximum atomic E-state index is 12.5. The Kier molecular flexibility index (Phi) is 6.49. The zero-order valence-corrected chi connectivity index (χ0v) is 12.1. The fraction of sp³-hybridized carbons (Fsp3) is 0.600. The van der Waals surface area contributed by atoms with Gasteiger partial charge in [0.15, 0.2) is 0 Å². The summed E-state index contributed by atoms with van der Waals surface area (Å²) in [6.45, 7) is 2.80. The number of likely N-dealkylation sites (N-methyl/N-ethyl adjacent to an activating group) is 1. The molecule has 1 N–H and O–H groups in total. The van der Waals surface area contributed by atoms with Gasteiger partial charge in [-0.2, -0.15) is 13.2 Å². The highest BCUT2D eigenvalue weighted by Crippen LogP contribution is 2.29. The number of halogens is 3. The third-order valence-electron chi connectivity index (χ3n) is 3.57. The minimum atomic E-state index is -4.27. The van der Waals surface area contributed by atoms with Crippen molar-refractivity contribution < 1.29 is 17.9 Å². The predicted octanol–water partition coefficient (Wildman–Crippen LogP) is 3.51. The summed E-state index contributed by atoms with van der Waals surface area (Å²) in [5.74, 6) is 0.391. The van der Waals surface area contributed by atoms with Gasteiger partial charge in [0.05, 0.1) is 5.56 Å². The Labute approximate surface area is 118 Å². The van der Waals surface area contributed by atoms with Gasteiger partial charge in [0.2, 0.25) is 0 Å². The Morgan fingerprint density at radius 1 is 1.20 bits per heavy atom. The number of nitrogens with one attached hydrogen (secondary N) is 1. The summed E-state index contributed by atoms with van der Waals surface area (Å²) >= 11 is 0. The highest BCUT2D eigenvalue weighted by Gasteiger charge is 2.30. The largest absolute Gasteiger partial charge is 0.416 e. The molecule has 0 radical (unpaired) electrons. The fourth-order valence-corrected chi connectivity index (χ4v) is 2.18. The molecule has 0 aliphatic carbocycles. The maximum absolute atomic E-state index is 12.5. The zero-order valence-electron chi connectivity index (χ0n) is 12.1. The molecule has 0 spiro atoms. The third-order valence-corrected chi connectivity index (χ3v) is 3.57. The van der Waals surface area contributed by atoms with Gasteiger partial charge in [-0.1, -0.05) is 19.1 Å². The first-order valence-electron chi connectivity index (χ1n) is 6.70. The summed E-state index contributed by atoms with van der Waals surface area (Å²) < 4.78 is 42.5. The van der Waals surface area contributed by atoms with Gasteiger partial charge in [-0.3, -0.25) is 0 Å². The molecule has 2 unspecified atom stereocenters. The van der Waals surface area contributed by atoms with E-state index in [1.165, 1.54) is 0 Å². The number of methoxy groups -OCH3 is 1. The van der Waals surface area contributed by atoms with Crippen molar-refractivity contribution in [3.05, 3.63) is 35.4 Å². The SMILES string of the molecule is CNC(Cc1ccc(C(F)(F)F)cc1)C(C)CCOC. The summed E-state index contributed by atoms with van der Waals surface area (Å²) in [7, 11) is 3.54. The Hall–Kier alpha value is -1.07. The Morgan fingerprint density at radius 2 is 1.80 bits per heavy atom. The number of alkyl halides is 3. The molecular weight excluding hydrogens is 267 g/mol. The summed E-state index contributed by atoms with van der Waals surface area (Å²) in [6.07, 6.45) is -2.64. The number of hydrogen-bond donors (Lipinski definition) is 1. The van der Waals surface area contributed by atoms with E-state index in [1.807, 2.05) is 7.05 Å². The van der Waals surface area contributed by atoms with Crippen molar-refractivity contribution in [3.8, 4) is 0 Å². The van der Waals surface area contributed by atoms with Crippen molar-refractivity contribution in [2.75, 3.05) is 20.8 Å². The van der Waals surface area contributed by atoms with Gasteiger partial charge in [-0.25, -0.2) is 0 Å². The lowest BCUT2D eigenvalue weighted by Gasteiger charge is -2.23. The molecule has 0 aromatic heterocycles. The van der Waals surface area contributed by atoms with Crippen LogP contribution in [0.2, 0.25) is 0 Å². The first-order valence-corrected chi connectivity index (χ1v) is 6.70. The van der Waals surface area contributed by atoms with Gasteiger partial charge in [0, 0.05) is 19.8 Å². The van der Waals surface area contributed by atoms with Gasteiger partial charge >= 0.3 is 6.18 Å². The van der Waals surface area contributed by atoms with Gasteiger partial charge in [0.25, 0.3) is 0 Å². The van der Waals surface area contributed by atoms with Crippen LogP contribution >= 0.6 is 0 Å². The molecular formula is C15H22F3NO. The van der Waals surface area contributed by atoms with Gasteiger partial charge in [0.1, 0.15) is 0 Å². The van der Waals surface area contributed by atoms with E-state index in [2.05, 4.69) is 12.2 Å². The van der Waals surface area contributed by atoms with E-state index in [0.29, 0.717) is 18.9 Å². The van der Waals surface area contributed by atoms with E-state index in [9.17, 15) is 13.2 Å². The van der Waals surface area contributed by atoms with Crippen molar-refractivity contribution >= 4 is 0 Å². The number of rotatable bonds is 7. The second-order valence-electron chi connectivity index (χ2n) is 5.05. The molecule has 0 heterocycles. The topological polar surface area (TPSA) is 21.3 Å². The molecule has 2 nitrogen and oxygen atoms in total. The molecule has 1 rings (SSSR count). The smallest absolute Gasteiger partial charge is 0.385 e. The molecule has 0 fully saturated rings. The molecule has 2 atom stereocenters. The molecule has 0 aliphatic rings. The molecule has 0 saturated heterocycles. The Morgan fingerprint density at radius 3 is 2.25 bits per heavy atom. The van der Waals surface area contributed by atoms with Crippen LogP contribution in [0.15, 0.2) is 24.3 Å².